The van der Waals surface area contributed by atoms with Crippen molar-refractivity contribution in [3.05, 3.63) is 22.9 Å². The lowest BCUT2D eigenvalue weighted by Crippen LogP contribution is -2.42. The first kappa shape index (κ1) is 13.8. The van der Waals surface area contributed by atoms with Crippen molar-refractivity contribution >= 4 is 5.82 Å². The molecule has 2 rings (SSSR count). The highest BCUT2D eigenvalue weighted by atomic mass is 15.2. The minimum absolute atomic E-state index is 0.483. The number of nitrogens with zero attached hydrogens (tertiary/aromatic N) is 4. The van der Waals surface area contributed by atoms with Gasteiger partial charge in [-0.2, -0.15) is 5.26 Å². The summed E-state index contributed by atoms with van der Waals surface area (Å²) in [6.45, 7) is 6.20. The van der Waals surface area contributed by atoms with Crippen LogP contribution in [0.3, 0.4) is 0 Å². The standard InChI is InChI=1S/C15H22N4/c1-11-9-12(2)17-15(14(11)10-16)19(4)13-5-7-18(3)8-6-13/h9,13H,5-8H2,1-4H3. The van der Waals surface area contributed by atoms with Crippen molar-refractivity contribution in [3.8, 4) is 6.07 Å². The summed E-state index contributed by atoms with van der Waals surface area (Å²) in [6.07, 6.45) is 2.26. The van der Waals surface area contributed by atoms with E-state index in [4.69, 9.17) is 0 Å². The molecule has 102 valence electrons. The van der Waals surface area contributed by atoms with Gasteiger partial charge in [-0.3, -0.25) is 0 Å². The highest BCUT2D eigenvalue weighted by Gasteiger charge is 2.24. The molecule has 0 unspecified atom stereocenters. The Balaban J connectivity index is 2.28. The summed E-state index contributed by atoms with van der Waals surface area (Å²) in [5.41, 5.74) is 2.71. The van der Waals surface area contributed by atoms with Crippen molar-refractivity contribution in [3.63, 3.8) is 0 Å². The van der Waals surface area contributed by atoms with E-state index in [1.165, 1.54) is 0 Å². The van der Waals surface area contributed by atoms with Gasteiger partial charge in [-0.1, -0.05) is 0 Å². The number of hydrogen-bond donors (Lipinski definition) is 0. The third kappa shape index (κ3) is 2.87. The molecule has 1 saturated heterocycles. The number of hydrogen-bond acceptors (Lipinski definition) is 4. The zero-order chi connectivity index (χ0) is 14.0. The molecule has 0 bridgehead atoms. The van der Waals surface area contributed by atoms with E-state index >= 15 is 0 Å². The largest absolute Gasteiger partial charge is 0.355 e. The molecule has 0 N–H and O–H groups in total. The number of nitriles is 1. The van der Waals surface area contributed by atoms with Gasteiger partial charge < -0.3 is 9.80 Å². The highest BCUT2D eigenvalue weighted by Crippen LogP contribution is 2.25. The second-order valence-corrected chi connectivity index (χ2v) is 5.54. The predicted molar refractivity (Wildman–Crippen MR) is 77.3 cm³/mol. The van der Waals surface area contributed by atoms with Gasteiger partial charge in [0.15, 0.2) is 0 Å². The number of rotatable bonds is 2. The van der Waals surface area contributed by atoms with Crippen LogP contribution in [0.15, 0.2) is 6.07 Å². The Morgan fingerprint density at radius 3 is 2.58 bits per heavy atom. The van der Waals surface area contributed by atoms with E-state index in [0.29, 0.717) is 11.6 Å². The number of anilines is 1. The van der Waals surface area contributed by atoms with Crippen LogP contribution in [0.25, 0.3) is 0 Å². The first-order valence-corrected chi connectivity index (χ1v) is 6.82. The third-order valence-electron chi connectivity index (χ3n) is 4.01. The van der Waals surface area contributed by atoms with Crippen LogP contribution in [0.5, 0.6) is 0 Å². The maximum Gasteiger partial charge on any atom is 0.147 e. The lowest BCUT2D eigenvalue weighted by atomic mass is 10.0. The number of pyridine rings is 1. The summed E-state index contributed by atoms with van der Waals surface area (Å²) in [5, 5.41) is 9.35. The first-order chi connectivity index (χ1) is 9.02. The van der Waals surface area contributed by atoms with Crippen molar-refractivity contribution < 1.29 is 0 Å². The molecule has 4 heteroatoms. The molecule has 0 saturated carbocycles. The molecule has 1 aromatic rings. The van der Waals surface area contributed by atoms with E-state index in [-0.39, 0.29) is 0 Å². The molecule has 1 aliphatic heterocycles. The number of likely N-dealkylation sites (tertiary alicyclic amines) is 1. The Morgan fingerprint density at radius 1 is 1.37 bits per heavy atom. The fourth-order valence-electron chi connectivity index (χ4n) is 2.77. The van der Waals surface area contributed by atoms with E-state index in [1.807, 2.05) is 19.9 Å². The van der Waals surface area contributed by atoms with Gasteiger partial charge in [-0.25, -0.2) is 4.98 Å². The zero-order valence-electron chi connectivity index (χ0n) is 12.3. The lowest BCUT2D eigenvalue weighted by molar-refractivity contribution is 0.252. The minimum Gasteiger partial charge on any atom is -0.355 e. The Kier molecular flexibility index (Phi) is 4.06. The summed E-state index contributed by atoms with van der Waals surface area (Å²) in [7, 11) is 4.23. The summed E-state index contributed by atoms with van der Waals surface area (Å²) >= 11 is 0. The van der Waals surface area contributed by atoms with Crippen LogP contribution in [-0.2, 0) is 0 Å². The molecule has 4 nitrogen and oxygen atoms in total. The van der Waals surface area contributed by atoms with E-state index in [1.54, 1.807) is 0 Å². The van der Waals surface area contributed by atoms with Gasteiger partial charge in [-0.05, 0) is 58.5 Å². The van der Waals surface area contributed by atoms with Crippen molar-refractivity contribution in [2.75, 3.05) is 32.1 Å². The SMILES string of the molecule is Cc1cc(C)c(C#N)c(N(C)C2CCN(C)CC2)n1. The topological polar surface area (TPSA) is 43.2 Å². The van der Waals surface area contributed by atoms with Crippen LogP contribution in [0, 0.1) is 25.2 Å². The molecule has 0 radical (unpaired) electrons. The van der Waals surface area contributed by atoms with Crippen LogP contribution in [0.1, 0.15) is 29.7 Å². The van der Waals surface area contributed by atoms with Gasteiger partial charge in [0.25, 0.3) is 0 Å². The molecule has 1 aromatic heterocycles. The van der Waals surface area contributed by atoms with Crippen LogP contribution < -0.4 is 4.90 Å². The molecule has 0 spiro atoms. The highest BCUT2D eigenvalue weighted by molar-refractivity contribution is 5.58. The maximum absolute atomic E-state index is 9.35. The Hall–Kier alpha value is -1.60. The second kappa shape index (κ2) is 5.58. The lowest BCUT2D eigenvalue weighted by Gasteiger charge is -2.36. The number of aromatic nitrogens is 1. The smallest absolute Gasteiger partial charge is 0.147 e. The molecule has 0 atom stereocenters. The van der Waals surface area contributed by atoms with Crippen molar-refractivity contribution in [1.29, 1.82) is 5.26 Å². The van der Waals surface area contributed by atoms with E-state index < -0.39 is 0 Å². The molecule has 0 amide bonds. The molecule has 1 aliphatic rings. The molecule has 0 aromatic carbocycles. The Labute approximate surface area is 115 Å². The zero-order valence-corrected chi connectivity index (χ0v) is 12.3. The second-order valence-electron chi connectivity index (χ2n) is 5.54. The molecule has 0 aliphatic carbocycles. The van der Waals surface area contributed by atoms with Gasteiger partial charge in [0.2, 0.25) is 0 Å². The average Bonchev–Trinajstić information content (AvgIpc) is 2.38. The van der Waals surface area contributed by atoms with Crippen LogP contribution >= 0.6 is 0 Å². The van der Waals surface area contributed by atoms with Crippen LogP contribution in [0.4, 0.5) is 5.82 Å². The summed E-state index contributed by atoms with van der Waals surface area (Å²) in [6, 6.07) is 4.77. The molecular formula is C15H22N4. The Bertz CT molecular complexity index is 496. The fourth-order valence-corrected chi connectivity index (χ4v) is 2.77. The van der Waals surface area contributed by atoms with Crippen LogP contribution in [-0.4, -0.2) is 43.1 Å². The number of piperidine rings is 1. The maximum atomic E-state index is 9.35. The molecule has 19 heavy (non-hydrogen) atoms. The number of aryl methyl sites for hydroxylation is 2. The van der Waals surface area contributed by atoms with Crippen LogP contribution in [0.2, 0.25) is 0 Å². The van der Waals surface area contributed by atoms with Gasteiger partial charge >= 0.3 is 0 Å². The minimum atomic E-state index is 0.483. The molecule has 2 heterocycles. The monoisotopic (exact) mass is 258 g/mol. The predicted octanol–water partition coefficient (Wildman–Crippen LogP) is 2.10. The fraction of sp³-hybridized carbons (Fsp3) is 0.600. The summed E-state index contributed by atoms with van der Waals surface area (Å²) in [5.74, 6) is 0.842. The average molecular weight is 258 g/mol. The Morgan fingerprint density at radius 2 is 2.00 bits per heavy atom. The van der Waals surface area contributed by atoms with Gasteiger partial charge in [0.05, 0.1) is 5.56 Å². The van der Waals surface area contributed by atoms with Crippen molar-refractivity contribution in [1.82, 2.24) is 9.88 Å². The van der Waals surface area contributed by atoms with Gasteiger partial charge in [0, 0.05) is 18.8 Å². The van der Waals surface area contributed by atoms with Gasteiger partial charge in [0.1, 0.15) is 11.9 Å². The summed E-state index contributed by atoms with van der Waals surface area (Å²) < 4.78 is 0. The third-order valence-corrected chi connectivity index (χ3v) is 4.01. The first-order valence-electron chi connectivity index (χ1n) is 6.82. The molecule has 1 fully saturated rings. The van der Waals surface area contributed by atoms with Gasteiger partial charge in [-0.15, -0.1) is 0 Å². The molecular weight excluding hydrogens is 236 g/mol. The van der Waals surface area contributed by atoms with E-state index in [9.17, 15) is 5.26 Å². The van der Waals surface area contributed by atoms with E-state index in [0.717, 1.165) is 43.0 Å². The summed E-state index contributed by atoms with van der Waals surface area (Å²) in [4.78, 5) is 9.14. The quantitative estimate of drug-likeness (QED) is 0.815. The van der Waals surface area contributed by atoms with E-state index in [2.05, 4.69) is 34.9 Å². The van der Waals surface area contributed by atoms with Crippen molar-refractivity contribution in [2.45, 2.75) is 32.7 Å². The normalized spacial score (nSPS) is 17.2. The van der Waals surface area contributed by atoms with Crippen molar-refractivity contribution in [2.24, 2.45) is 0 Å².